The van der Waals surface area contributed by atoms with Crippen molar-refractivity contribution >= 4 is 39.3 Å². The Morgan fingerprint density at radius 1 is 1.58 bits per heavy atom. The zero-order valence-corrected chi connectivity index (χ0v) is 13.3. The third-order valence-electron chi connectivity index (χ3n) is 2.56. The highest BCUT2D eigenvalue weighted by molar-refractivity contribution is 9.11. The number of carbonyl (C=O) groups is 2. The predicted octanol–water partition coefficient (Wildman–Crippen LogP) is 2.91. The van der Waals surface area contributed by atoms with E-state index >= 15 is 0 Å². The lowest BCUT2D eigenvalue weighted by atomic mass is 10.2. The number of hydrogen-bond donors (Lipinski definition) is 2. The van der Waals surface area contributed by atoms with Crippen molar-refractivity contribution < 1.29 is 14.7 Å². The van der Waals surface area contributed by atoms with Crippen LogP contribution in [-0.4, -0.2) is 35.1 Å². The number of nitrogens with zero attached hydrogens (tertiary/aromatic N) is 1. The summed E-state index contributed by atoms with van der Waals surface area (Å²) in [5.41, 5.74) is 1.01. The molecule has 0 saturated carbocycles. The quantitative estimate of drug-likeness (QED) is 0.830. The molecule has 0 bridgehead atoms. The third-order valence-corrected chi connectivity index (χ3v) is 4.11. The van der Waals surface area contributed by atoms with Crippen LogP contribution in [0.15, 0.2) is 15.2 Å². The second-order valence-corrected chi connectivity index (χ2v) is 6.53. The number of amides is 2. The van der Waals surface area contributed by atoms with Gasteiger partial charge in [0.25, 0.3) is 0 Å². The second-order valence-electron chi connectivity index (χ2n) is 4.24. The van der Waals surface area contributed by atoms with Gasteiger partial charge in [0, 0.05) is 13.6 Å². The van der Waals surface area contributed by atoms with Gasteiger partial charge in [0.05, 0.1) is 3.79 Å². The number of nitrogens with one attached hydrogen (secondary N) is 1. The number of urea groups is 1. The fourth-order valence-electron chi connectivity index (χ4n) is 1.58. The fourth-order valence-corrected chi connectivity index (χ4v) is 2.78. The molecule has 1 aromatic rings. The molecule has 2 amide bonds. The van der Waals surface area contributed by atoms with Crippen LogP contribution in [0.3, 0.4) is 0 Å². The lowest BCUT2D eigenvalue weighted by Gasteiger charge is -2.20. The van der Waals surface area contributed by atoms with E-state index in [0.717, 1.165) is 9.35 Å². The molecule has 0 aliphatic heterocycles. The maximum absolute atomic E-state index is 11.9. The smallest absolute Gasteiger partial charge is 0.326 e. The van der Waals surface area contributed by atoms with Crippen LogP contribution in [0.4, 0.5) is 4.79 Å². The van der Waals surface area contributed by atoms with Crippen molar-refractivity contribution in [1.82, 2.24) is 10.2 Å². The van der Waals surface area contributed by atoms with Crippen molar-refractivity contribution in [3.63, 3.8) is 0 Å². The summed E-state index contributed by atoms with van der Waals surface area (Å²) < 4.78 is 1.01. The number of rotatable bonds is 6. The number of carboxylic acids is 1. The molecule has 19 heavy (non-hydrogen) atoms. The van der Waals surface area contributed by atoms with E-state index in [1.165, 1.54) is 4.90 Å². The van der Waals surface area contributed by atoms with Crippen LogP contribution in [-0.2, 0) is 11.3 Å². The monoisotopic (exact) mass is 348 g/mol. The number of carbonyl (C=O) groups excluding carboxylic acids is 1. The van der Waals surface area contributed by atoms with Crippen molar-refractivity contribution in [3.8, 4) is 0 Å². The van der Waals surface area contributed by atoms with E-state index in [1.54, 1.807) is 18.4 Å². The van der Waals surface area contributed by atoms with Gasteiger partial charge in [-0.25, -0.2) is 9.59 Å². The molecule has 1 aromatic heterocycles. The first kappa shape index (κ1) is 16.0. The molecule has 0 aromatic carbocycles. The van der Waals surface area contributed by atoms with Crippen LogP contribution in [0.5, 0.6) is 0 Å². The summed E-state index contributed by atoms with van der Waals surface area (Å²) in [5.74, 6) is -0.998. The minimum Gasteiger partial charge on any atom is -0.480 e. The Morgan fingerprint density at radius 2 is 2.26 bits per heavy atom. The van der Waals surface area contributed by atoms with Gasteiger partial charge >= 0.3 is 12.0 Å². The van der Waals surface area contributed by atoms with Gasteiger partial charge in [0.2, 0.25) is 0 Å². The molecule has 1 rings (SSSR count). The molecule has 1 heterocycles. The molecule has 1 atom stereocenters. The van der Waals surface area contributed by atoms with Gasteiger partial charge in [-0.1, -0.05) is 13.3 Å². The van der Waals surface area contributed by atoms with Crippen LogP contribution < -0.4 is 5.32 Å². The topological polar surface area (TPSA) is 69.6 Å². The van der Waals surface area contributed by atoms with E-state index in [9.17, 15) is 9.59 Å². The Kier molecular flexibility index (Phi) is 6.30. The Morgan fingerprint density at radius 3 is 2.74 bits per heavy atom. The Balaban J connectivity index is 2.54. The summed E-state index contributed by atoms with van der Waals surface area (Å²) in [4.78, 5) is 24.3. The zero-order valence-electron chi connectivity index (χ0n) is 10.9. The third kappa shape index (κ3) is 5.20. The summed E-state index contributed by atoms with van der Waals surface area (Å²) in [6.07, 6.45) is 1.14. The molecule has 2 N–H and O–H groups in total. The van der Waals surface area contributed by atoms with Gasteiger partial charge in [-0.15, -0.1) is 11.3 Å². The molecule has 0 spiro atoms. The van der Waals surface area contributed by atoms with Crippen LogP contribution in [0, 0.1) is 0 Å². The SMILES string of the molecule is CCCC(NC(=O)N(C)Cc1csc(Br)c1)C(=O)O. The summed E-state index contributed by atoms with van der Waals surface area (Å²) >= 11 is 4.91. The number of carboxylic acid groups (broad SMARTS) is 1. The second kappa shape index (κ2) is 7.49. The molecule has 5 nitrogen and oxygen atoms in total. The van der Waals surface area contributed by atoms with E-state index in [2.05, 4.69) is 21.2 Å². The minimum atomic E-state index is -0.998. The van der Waals surface area contributed by atoms with Gasteiger partial charge in [-0.3, -0.25) is 0 Å². The number of aliphatic carboxylic acids is 1. The molecule has 0 radical (unpaired) electrons. The van der Waals surface area contributed by atoms with Gasteiger partial charge in [0.1, 0.15) is 6.04 Å². The molecule has 0 fully saturated rings. The average molecular weight is 349 g/mol. The largest absolute Gasteiger partial charge is 0.480 e. The first-order valence-corrected chi connectivity index (χ1v) is 7.58. The van der Waals surface area contributed by atoms with Gasteiger partial charge in [-0.2, -0.15) is 0 Å². The maximum atomic E-state index is 11.9. The molecular weight excluding hydrogens is 332 g/mol. The van der Waals surface area contributed by atoms with Crippen molar-refractivity contribution in [1.29, 1.82) is 0 Å². The zero-order chi connectivity index (χ0) is 14.4. The van der Waals surface area contributed by atoms with E-state index in [0.29, 0.717) is 19.4 Å². The number of thiophene rings is 1. The predicted molar refractivity (Wildman–Crippen MR) is 78.3 cm³/mol. The molecule has 0 saturated heterocycles. The van der Waals surface area contributed by atoms with E-state index in [4.69, 9.17) is 5.11 Å². The van der Waals surface area contributed by atoms with Crippen LogP contribution >= 0.6 is 27.3 Å². The lowest BCUT2D eigenvalue weighted by molar-refractivity contribution is -0.139. The fraction of sp³-hybridized carbons (Fsp3) is 0.500. The first-order chi connectivity index (χ1) is 8.93. The summed E-state index contributed by atoms with van der Waals surface area (Å²) in [5, 5.41) is 13.5. The van der Waals surface area contributed by atoms with Crippen LogP contribution in [0.25, 0.3) is 0 Å². The highest BCUT2D eigenvalue weighted by Gasteiger charge is 2.20. The summed E-state index contributed by atoms with van der Waals surface area (Å²) in [7, 11) is 1.64. The van der Waals surface area contributed by atoms with Crippen molar-refractivity contribution in [2.45, 2.75) is 32.4 Å². The van der Waals surface area contributed by atoms with Crippen molar-refractivity contribution in [3.05, 3.63) is 20.8 Å². The molecule has 7 heteroatoms. The standard InChI is InChI=1S/C12H17BrN2O3S/c1-3-4-9(11(16)17)14-12(18)15(2)6-8-5-10(13)19-7-8/h5,7,9H,3-4,6H2,1-2H3,(H,14,18)(H,16,17). The van der Waals surface area contributed by atoms with Gasteiger partial charge in [-0.05, 0) is 39.4 Å². The Hall–Kier alpha value is -1.08. The van der Waals surface area contributed by atoms with Gasteiger partial charge < -0.3 is 15.3 Å². The van der Waals surface area contributed by atoms with Crippen LogP contribution in [0.1, 0.15) is 25.3 Å². The Labute approximate surface area is 124 Å². The minimum absolute atomic E-state index is 0.372. The first-order valence-electron chi connectivity index (χ1n) is 5.91. The highest BCUT2D eigenvalue weighted by atomic mass is 79.9. The molecule has 0 aliphatic carbocycles. The normalized spacial score (nSPS) is 11.9. The number of hydrogen-bond acceptors (Lipinski definition) is 3. The molecule has 1 unspecified atom stereocenters. The molecule has 106 valence electrons. The Bertz CT molecular complexity index is 450. The van der Waals surface area contributed by atoms with E-state index in [1.807, 2.05) is 18.4 Å². The van der Waals surface area contributed by atoms with Crippen molar-refractivity contribution in [2.75, 3.05) is 7.05 Å². The average Bonchev–Trinajstić information content (AvgIpc) is 2.73. The molecule has 0 aliphatic rings. The summed E-state index contributed by atoms with van der Waals surface area (Å²) in [6.45, 7) is 2.33. The number of halogens is 1. The maximum Gasteiger partial charge on any atom is 0.326 e. The lowest BCUT2D eigenvalue weighted by Crippen LogP contribution is -2.46. The summed E-state index contributed by atoms with van der Waals surface area (Å²) in [6, 6.07) is 0.743. The molecular formula is C12H17BrN2O3S. The van der Waals surface area contributed by atoms with E-state index < -0.39 is 12.0 Å². The van der Waals surface area contributed by atoms with Gasteiger partial charge in [0.15, 0.2) is 0 Å². The van der Waals surface area contributed by atoms with E-state index in [-0.39, 0.29) is 6.03 Å². The highest BCUT2D eigenvalue weighted by Crippen LogP contribution is 2.21. The van der Waals surface area contributed by atoms with Crippen LogP contribution in [0.2, 0.25) is 0 Å². The van der Waals surface area contributed by atoms with Crippen molar-refractivity contribution in [2.24, 2.45) is 0 Å².